The molecule has 1 aromatic heterocycles. The topological polar surface area (TPSA) is 80.9 Å². The van der Waals surface area contributed by atoms with Crippen LogP contribution >= 0.6 is 0 Å². The van der Waals surface area contributed by atoms with Crippen molar-refractivity contribution in [3.63, 3.8) is 0 Å². The molecule has 0 spiro atoms. The van der Waals surface area contributed by atoms with Crippen molar-refractivity contribution in [3.8, 4) is 28.4 Å². The molecule has 0 aliphatic carbocycles. The summed E-state index contributed by atoms with van der Waals surface area (Å²) in [7, 11) is 0. The third kappa shape index (κ3) is 3.25. The summed E-state index contributed by atoms with van der Waals surface area (Å²) in [6, 6.07) is 19.8. The second-order valence-electron chi connectivity index (χ2n) is 6.74. The second-order valence-corrected chi connectivity index (χ2v) is 6.74. The molecule has 2 heterocycles. The van der Waals surface area contributed by atoms with Gasteiger partial charge in [-0.3, -0.25) is 0 Å². The van der Waals surface area contributed by atoms with E-state index in [1.807, 2.05) is 48.5 Å². The maximum Gasteiger partial charge on any atom is 0.336 e. The van der Waals surface area contributed by atoms with Crippen molar-refractivity contribution in [2.75, 3.05) is 12.1 Å². The molecule has 6 nitrogen and oxygen atoms in total. The van der Waals surface area contributed by atoms with E-state index in [1.165, 1.54) is 6.07 Å². The van der Waals surface area contributed by atoms with Crippen molar-refractivity contribution < 1.29 is 19.0 Å². The highest BCUT2D eigenvalue weighted by Gasteiger charge is 2.15. The van der Waals surface area contributed by atoms with Crippen LogP contribution in [0.2, 0.25) is 0 Å². The molecule has 144 valence electrons. The van der Waals surface area contributed by atoms with Crippen LogP contribution < -0.4 is 20.4 Å². The molecule has 0 amide bonds. The van der Waals surface area contributed by atoms with E-state index in [0.717, 1.165) is 16.8 Å². The molecule has 0 atom stereocenters. The van der Waals surface area contributed by atoms with Gasteiger partial charge in [-0.25, -0.2) is 4.79 Å². The highest BCUT2D eigenvalue weighted by atomic mass is 16.7. The van der Waals surface area contributed by atoms with Gasteiger partial charge in [0.1, 0.15) is 11.3 Å². The molecule has 0 bridgehead atoms. The molecule has 1 aliphatic heterocycles. The number of hydrogen-bond donors (Lipinski definition) is 2. The Bertz CT molecular complexity index is 1260. The standard InChI is InChI=1S/C23H17NO5/c25-19-10-18-15(12-24-16-6-7-20-22(9-16)28-13-27-20)8-23(26)29-21(18)11-17(19)14-4-2-1-3-5-14/h1-11,24-25H,12-13H2. The lowest BCUT2D eigenvalue weighted by atomic mass is 10.0. The number of phenols is 1. The maximum absolute atomic E-state index is 12.1. The lowest BCUT2D eigenvalue weighted by molar-refractivity contribution is 0.174. The molecule has 6 heteroatoms. The normalized spacial score (nSPS) is 12.3. The van der Waals surface area contributed by atoms with Gasteiger partial charge in [0.05, 0.1) is 0 Å². The average Bonchev–Trinajstić information content (AvgIpc) is 3.20. The van der Waals surface area contributed by atoms with Crippen LogP contribution in [0, 0.1) is 0 Å². The molecule has 0 fully saturated rings. The zero-order valence-electron chi connectivity index (χ0n) is 15.3. The first-order valence-corrected chi connectivity index (χ1v) is 9.16. The first-order chi connectivity index (χ1) is 14.2. The van der Waals surface area contributed by atoms with Crippen LogP contribution in [0.15, 0.2) is 75.9 Å². The number of aromatic hydroxyl groups is 1. The van der Waals surface area contributed by atoms with E-state index in [-0.39, 0.29) is 12.5 Å². The number of phenolic OH excluding ortho intramolecular Hbond substituents is 1. The van der Waals surface area contributed by atoms with Crippen molar-refractivity contribution in [2.24, 2.45) is 0 Å². The van der Waals surface area contributed by atoms with Gasteiger partial charge in [-0.1, -0.05) is 30.3 Å². The van der Waals surface area contributed by atoms with Crippen LogP contribution in [0.3, 0.4) is 0 Å². The minimum atomic E-state index is -0.440. The van der Waals surface area contributed by atoms with Crippen LogP contribution in [-0.2, 0) is 6.54 Å². The molecule has 5 rings (SSSR count). The molecule has 0 saturated carbocycles. The number of ether oxygens (including phenoxy) is 2. The molecule has 0 saturated heterocycles. The SMILES string of the molecule is O=c1cc(CNc2ccc3c(c2)OCO3)c2cc(O)c(-c3ccccc3)cc2o1. The summed E-state index contributed by atoms with van der Waals surface area (Å²) >= 11 is 0. The minimum Gasteiger partial charge on any atom is -0.507 e. The first kappa shape index (κ1) is 17.2. The van der Waals surface area contributed by atoms with Crippen molar-refractivity contribution in [3.05, 3.63) is 82.7 Å². The van der Waals surface area contributed by atoms with Crippen molar-refractivity contribution in [2.45, 2.75) is 6.54 Å². The van der Waals surface area contributed by atoms with E-state index >= 15 is 0 Å². The van der Waals surface area contributed by atoms with E-state index in [9.17, 15) is 9.90 Å². The Morgan fingerprint density at radius 1 is 0.931 bits per heavy atom. The summed E-state index contributed by atoms with van der Waals surface area (Å²) < 4.78 is 16.1. The molecular weight excluding hydrogens is 370 g/mol. The number of benzene rings is 3. The van der Waals surface area contributed by atoms with E-state index in [0.29, 0.717) is 34.6 Å². The predicted molar refractivity (Wildman–Crippen MR) is 109 cm³/mol. The Hall–Kier alpha value is -3.93. The molecule has 4 aromatic rings. The molecule has 2 N–H and O–H groups in total. The summed E-state index contributed by atoms with van der Waals surface area (Å²) in [5.41, 5.74) is 3.01. The Kier molecular flexibility index (Phi) is 4.09. The maximum atomic E-state index is 12.1. The molecule has 0 radical (unpaired) electrons. The number of rotatable bonds is 4. The Labute approximate surface area is 165 Å². The second kappa shape index (κ2) is 6.91. The predicted octanol–water partition coefficient (Wildman–Crippen LogP) is 4.51. The van der Waals surface area contributed by atoms with Crippen molar-refractivity contribution in [1.82, 2.24) is 0 Å². The van der Waals surface area contributed by atoms with Crippen LogP contribution in [0.5, 0.6) is 17.2 Å². The first-order valence-electron chi connectivity index (χ1n) is 9.16. The third-order valence-corrected chi connectivity index (χ3v) is 4.89. The minimum absolute atomic E-state index is 0.127. The zero-order valence-corrected chi connectivity index (χ0v) is 15.3. The summed E-state index contributed by atoms with van der Waals surface area (Å²) in [5.74, 6) is 1.51. The number of nitrogens with one attached hydrogen (secondary N) is 1. The summed E-state index contributed by atoms with van der Waals surface area (Å²) in [6.45, 7) is 0.595. The highest BCUT2D eigenvalue weighted by Crippen LogP contribution is 2.36. The summed E-state index contributed by atoms with van der Waals surface area (Å²) in [4.78, 5) is 12.1. The van der Waals surface area contributed by atoms with Crippen molar-refractivity contribution >= 4 is 16.7 Å². The van der Waals surface area contributed by atoms with Gasteiger partial charge >= 0.3 is 5.63 Å². The van der Waals surface area contributed by atoms with Gasteiger partial charge in [-0.15, -0.1) is 0 Å². The van der Waals surface area contributed by atoms with E-state index in [4.69, 9.17) is 13.9 Å². The van der Waals surface area contributed by atoms with Gasteiger partial charge < -0.3 is 24.3 Å². The van der Waals surface area contributed by atoms with Gasteiger partial charge in [-0.2, -0.15) is 0 Å². The smallest absolute Gasteiger partial charge is 0.336 e. The Morgan fingerprint density at radius 2 is 1.76 bits per heavy atom. The molecule has 1 aliphatic rings. The monoisotopic (exact) mass is 387 g/mol. The van der Waals surface area contributed by atoms with Crippen molar-refractivity contribution in [1.29, 1.82) is 0 Å². The van der Waals surface area contributed by atoms with Crippen LogP contribution in [0.25, 0.3) is 22.1 Å². The third-order valence-electron chi connectivity index (χ3n) is 4.89. The fourth-order valence-corrected chi connectivity index (χ4v) is 3.46. The number of anilines is 1. The lowest BCUT2D eigenvalue weighted by Crippen LogP contribution is -2.06. The number of hydrogen-bond acceptors (Lipinski definition) is 6. The largest absolute Gasteiger partial charge is 0.507 e. The van der Waals surface area contributed by atoms with E-state index in [1.54, 1.807) is 12.1 Å². The highest BCUT2D eigenvalue weighted by molar-refractivity contribution is 5.89. The number of fused-ring (bicyclic) bond motifs is 2. The van der Waals surface area contributed by atoms with Crippen LogP contribution in [0.1, 0.15) is 5.56 Å². The lowest BCUT2D eigenvalue weighted by Gasteiger charge is -2.11. The van der Waals surface area contributed by atoms with E-state index < -0.39 is 5.63 Å². The van der Waals surface area contributed by atoms with Crippen LogP contribution in [-0.4, -0.2) is 11.9 Å². The molecular formula is C23H17NO5. The molecule has 0 unspecified atom stereocenters. The van der Waals surface area contributed by atoms with Crippen LogP contribution in [0.4, 0.5) is 5.69 Å². The fraction of sp³-hybridized carbons (Fsp3) is 0.0870. The quantitative estimate of drug-likeness (QED) is 0.502. The molecule has 29 heavy (non-hydrogen) atoms. The van der Waals surface area contributed by atoms with E-state index in [2.05, 4.69) is 5.32 Å². The van der Waals surface area contributed by atoms with Gasteiger partial charge in [0.25, 0.3) is 0 Å². The Morgan fingerprint density at radius 3 is 2.62 bits per heavy atom. The van der Waals surface area contributed by atoms with Gasteiger partial charge in [-0.05, 0) is 35.4 Å². The average molecular weight is 387 g/mol. The molecule has 3 aromatic carbocycles. The zero-order chi connectivity index (χ0) is 19.8. The van der Waals surface area contributed by atoms with Gasteiger partial charge in [0.2, 0.25) is 6.79 Å². The van der Waals surface area contributed by atoms with Gasteiger partial charge in [0.15, 0.2) is 11.5 Å². The van der Waals surface area contributed by atoms with Gasteiger partial charge in [0, 0.05) is 35.3 Å². The Balaban J connectivity index is 1.50. The summed E-state index contributed by atoms with van der Waals surface area (Å²) in [5, 5.41) is 14.5. The summed E-state index contributed by atoms with van der Waals surface area (Å²) in [6.07, 6.45) is 0. The fourth-order valence-electron chi connectivity index (χ4n) is 3.46.